The van der Waals surface area contributed by atoms with Crippen LogP contribution < -0.4 is 0 Å². The number of hydrogen-bond acceptors (Lipinski definition) is 3. The third kappa shape index (κ3) is 3.61. The fraction of sp³-hybridized carbons (Fsp3) is 0.150. The predicted molar refractivity (Wildman–Crippen MR) is 102 cm³/mol. The number of aromatic amines is 1. The number of aromatic nitrogens is 2. The number of rotatable bonds is 6. The van der Waals surface area contributed by atoms with Crippen molar-refractivity contribution < 1.29 is 5.11 Å². The molecule has 1 aromatic heterocycles. The van der Waals surface area contributed by atoms with Gasteiger partial charge in [-0.3, -0.25) is 5.10 Å². The van der Waals surface area contributed by atoms with E-state index in [4.69, 9.17) is 5.11 Å². The first-order valence-corrected chi connectivity index (χ1v) is 9.11. The molecule has 2 N–H and O–H groups in total. The van der Waals surface area contributed by atoms with E-state index in [1.54, 1.807) is 11.8 Å². The Balaban J connectivity index is 2.08. The minimum atomic E-state index is 0.147. The molecule has 0 atom stereocenters. The fourth-order valence-corrected chi connectivity index (χ4v) is 3.01. The Morgan fingerprint density at radius 3 is 2.46 bits per heavy atom. The van der Waals surface area contributed by atoms with Crippen molar-refractivity contribution in [2.75, 3.05) is 12.9 Å². The molecule has 0 fully saturated rings. The molecule has 0 aliphatic rings. The Bertz CT molecular complexity index is 807. The topological polar surface area (TPSA) is 48.9 Å². The van der Waals surface area contributed by atoms with Gasteiger partial charge in [0.15, 0.2) is 0 Å². The van der Waals surface area contributed by atoms with Crippen LogP contribution >= 0.6 is 11.8 Å². The van der Waals surface area contributed by atoms with E-state index < -0.39 is 0 Å². The molecule has 0 saturated heterocycles. The third-order valence-electron chi connectivity index (χ3n) is 3.80. The molecule has 0 aliphatic carbocycles. The molecule has 2 aromatic carbocycles. The summed E-state index contributed by atoms with van der Waals surface area (Å²) in [5.41, 5.74) is 5.20. The lowest BCUT2D eigenvalue weighted by molar-refractivity contribution is 0.303. The molecule has 122 valence electrons. The number of nitrogens with zero attached hydrogens (tertiary/aromatic N) is 1. The number of aliphatic hydroxyl groups is 1. The smallest absolute Gasteiger partial charge is 0.100 e. The highest BCUT2D eigenvalue weighted by atomic mass is 32.2. The summed E-state index contributed by atoms with van der Waals surface area (Å²) in [6.45, 7) is 0.147. The summed E-state index contributed by atoms with van der Waals surface area (Å²) in [5.74, 6) is 0. The van der Waals surface area contributed by atoms with E-state index in [-0.39, 0.29) is 6.61 Å². The highest BCUT2D eigenvalue weighted by molar-refractivity contribution is 7.98. The van der Waals surface area contributed by atoms with Gasteiger partial charge >= 0.3 is 0 Å². The molecule has 0 aliphatic heterocycles. The first-order chi connectivity index (χ1) is 11.8. The molecule has 4 heteroatoms. The van der Waals surface area contributed by atoms with Gasteiger partial charge in [0.05, 0.1) is 5.69 Å². The summed E-state index contributed by atoms with van der Waals surface area (Å²) >= 11 is 1.73. The Labute approximate surface area is 146 Å². The molecular weight excluding hydrogens is 316 g/mol. The van der Waals surface area contributed by atoms with Gasteiger partial charge in [-0.2, -0.15) is 5.10 Å². The standard InChI is InChI=1S/C20H20N2OS/c1-24-17-12-10-16(11-13-17)20-19(15-7-3-2-4-8-15)18(21-22-20)9-5-6-14-23/h2-5,7-13,23H,6,14H2,1H3,(H,21,22)/b9-5-. The summed E-state index contributed by atoms with van der Waals surface area (Å²) in [6.07, 6.45) is 6.65. The molecule has 0 radical (unpaired) electrons. The number of aliphatic hydroxyl groups excluding tert-OH is 1. The van der Waals surface area contributed by atoms with Gasteiger partial charge in [-0.25, -0.2) is 0 Å². The molecule has 3 aromatic rings. The van der Waals surface area contributed by atoms with Crippen LogP contribution in [0.3, 0.4) is 0 Å². The van der Waals surface area contributed by atoms with Crippen molar-refractivity contribution in [2.45, 2.75) is 11.3 Å². The maximum Gasteiger partial charge on any atom is 0.100 e. The van der Waals surface area contributed by atoms with Crippen LogP contribution in [0.4, 0.5) is 0 Å². The van der Waals surface area contributed by atoms with Crippen LogP contribution in [0.2, 0.25) is 0 Å². The van der Waals surface area contributed by atoms with Gasteiger partial charge in [-0.15, -0.1) is 11.8 Å². The molecule has 0 amide bonds. The molecule has 3 nitrogen and oxygen atoms in total. The van der Waals surface area contributed by atoms with Gasteiger partial charge in [0.2, 0.25) is 0 Å². The number of nitrogens with one attached hydrogen (secondary N) is 1. The first kappa shape index (κ1) is 16.6. The monoisotopic (exact) mass is 336 g/mol. The summed E-state index contributed by atoms with van der Waals surface area (Å²) in [4.78, 5) is 1.23. The van der Waals surface area contributed by atoms with E-state index in [0.29, 0.717) is 6.42 Å². The Hall–Kier alpha value is -2.30. The van der Waals surface area contributed by atoms with Gasteiger partial charge in [-0.1, -0.05) is 48.5 Å². The average molecular weight is 336 g/mol. The van der Waals surface area contributed by atoms with Gasteiger partial charge in [0.25, 0.3) is 0 Å². The van der Waals surface area contributed by atoms with Crippen LogP contribution in [-0.2, 0) is 0 Å². The molecule has 0 bridgehead atoms. The quantitative estimate of drug-likeness (QED) is 0.632. The lowest BCUT2D eigenvalue weighted by atomic mass is 9.98. The van der Waals surface area contributed by atoms with Crippen molar-refractivity contribution in [2.24, 2.45) is 0 Å². The van der Waals surface area contributed by atoms with Crippen molar-refractivity contribution in [1.82, 2.24) is 10.2 Å². The third-order valence-corrected chi connectivity index (χ3v) is 4.54. The largest absolute Gasteiger partial charge is 0.396 e. The van der Waals surface area contributed by atoms with Gasteiger partial charge < -0.3 is 5.11 Å². The molecule has 24 heavy (non-hydrogen) atoms. The van der Waals surface area contributed by atoms with Crippen molar-refractivity contribution in [3.05, 3.63) is 66.4 Å². The summed E-state index contributed by atoms with van der Waals surface area (Å²) in [7, 11) is 0. The highest BCUT2D eigenvalue weighted by Crippen LogP contribution is 2.34. The summed E-state index contributed by atoms with van der Waals surface area (Å²) in [6, 6.07) is 18.7. The van der Waals surface area contributed by atoms with Crippen LogP contribution in [0.1, 0.15) is 12.1 Å². The number of H-pyrrole nitrogens is 1. The molecular formula is C20H20N2OS. The van der Waals surface area contributed by atoms with E-state index in [9.17, 15) is 0 Å². The maximum atomic E-state index is 8.98. The number of benzene rings is 2. The predicted octanol–water partition coefficient (Wildman–Crippen LogP) is 4.86. The Morgan fingerprint density at radius 1 is 1.04 bits per heavy atom. The SMILES string of the molecule is CSc1ccc(-c2n[nH]c(/C=C\CCO)c2-c2ccccc2)cc1. The number of hydrogen-bond donors (Lipinski definition) is 2. The van der Waals surface area contributed by atoms with Gasteiger partial charge in [0.1, 0.15) is 5.69 Å². The second-order valence-corrected chi connectivity index (χ2v) is 6.25. The lowest BCUT2D eigenvalue weighted by Gasteiger charge is -2.05. The van der Waals surface area contributed by atoms with Crippen molar-refractivity contribution in [3.8, 4) is 22.4 Å². The number of thioether (sulfide) groups is 1. The van der Waals surface area contributed by atoms with Crippen molar-refractivity contribution in [3.63, 3.8) is 0 Å². The van der Waals surface area contributed by atoms with Crippen LogP contribution in [0.5, 0.6) is 0 Å². The van der Waals surface area contributed by atoms with E-state index in [1.807, 2.05) is 30.4 Å². The zero-order valence-electron chi connectivity index (χ0n) is 13.6. The van der Waals surface area contributed by atoms with E-state index in [0.717, 1.165) is 28.1 Å². The molecule has 0 unspecified atom stereocenters. The van der Waals surface area contributed by atoms with Crippen LogP contribution in [-0.4, -0.2) is 28.2 Å². The second-order valence-electron chi connectivity index (χ2n) is 5.37. The second kappa shape index (κ2) is 7.99. The minimum Gasteiger partial charge on any atom is -0.396 e. The van der Waals surface area contributed by atoms with Gasteiger partial charge in [0, 0.05) is 22.6 Å². The van der Waals surface area contributed by atoms with Crippen LogP contribution in [0.25, 0.3) is 28.5 Å². The van der Waals surface area contributed by atoms with Crippen molar-refractivity contribution in [1.29, 1.82) is 0 Å². The van der Waals surface area contributed by atoms with E-state index >= 15 is 0 Å². The Kier molecular flexibility index (Phi) is 5.51. The highest BCUT2D eigenvalue weighted by Gasteiger charge is 2.15. The molecule has 0 saturated carbocycles. The zero-order valence-corrected chi connectivity index (χ0v) is 14.4. The normalized spacial score (nSPS) is 11.2. The van der Waals surface area contributed by atoms with Crippen molar-refractivity contribution >= 4 is 17.8 Å². The average Bonchev–Trinajstić information content (AvgIpc) is 3.06. The molecule has 0 spiro atoms. The minimum absolute atomic E-state index is 0.147. The zero-order chi connectivity index (χ0) is 16.8. The van der Waals surface area contributed by atoms with Crippen LogP contribution in [0.15, 0.2) is 65.6 Å². The van der Waals surface area contributed by atoms with Crippen LogP contribution in [0, 0.1) is 0 Å². The maximum absolute atomic E-state index is 8.98. The molecule has 3 rings (SSSR count). The first-order valence-electron chi connectivity index (χ1n) is 7.89. The summed E-state index contributed by atoms with van der Waals surface area (Å²) in [5, 5.41) is 16.7. The lowest BCUT2D eigenvalue weighted by Crippen LogP contribution is -1.85. The fourth-order valence-electron chi connectivity index (χ4n) is 2.61. The Morgan fingerprint density at radius 2 is 1.79 bits per heavy atom. The van der Waals surface area contributed by atoms with E-state index in [2.05, 4.69) is 52.9 Å². The summed E-state index contributed by atoms with van der Waals surface area (Å²) < 4.78 is 0. The van der Waals surface area contributed by atoms with Gasteiger partial charge in [-0.05, 0) is 36.4 Å². The molecule has 1 heterocycles. The van der Waals surface area contributed by atoms with E-state index in [1.165, 1.54) is 4.90 Å².